The molecule has 0 N–H and O–H groups in total. The summed E-state index contributed by atoms with van der Waals surface area (Å²) < 4.78 is 23.9. The summed E-state index contributed by atoms with van der Waals surface area (Å²) in [6, 6.07) is 11.5. The molecule has 0 bridgehead atoms. The van der Waals surface area contributed by atoms with Crippen molar-refractivity contribution < 1.29 is 18.7 Å². The first-order chi connectivity index (χ1) is 11.6. The molecule has 1 unspecified atom stereocenters. The number of hydrogen-bond acceptors (Lipinski definition) is 3. The molecular formula is C19H20FNO3. The van der Waals surface area contributed by atoms with E-state index in [1.165, 1.54) is 12.1 Å². The average molecular weight is 329 g/mol. The Morgan fingerprint density at radius 1 is 1.25 bits per heavy atom. The Morgan fingerprint density at radius 2 is 2.08 bits per heavy atom. The lowest BCUT2D eigenvalue weighted by atomic mass is 9.93. The monoisotopic (exact) mass is 329 g/mol. The molecule has 0 aliphatic carbocycles. The molecular weight excluding hydrogens is 309 g/mol. The summed E-state index contributed by atoms with van der Waals surface area (Å²) in [5, 5.41) is 0. The van der Waals surface area contributed by atoms with Gasteiger partial charge < -0.3 is 14.4 Å². The number of rotatable bonds is 4. The van der Waals surface area contributed by atoms with Gasteiger partial charge in [-0.25, -0.2) is 4.39 Å². The van der Waals surface area contributed by atoms with Crippen LogP contribution in [0.5, 0.6) is 11.5 Å². The molecule has 0 aromatic heterocycles. The Hall–Kier alpha value is -2.56. The first-order valence-corrected chi connectivity index (χ1v) is 7.92. The maximum absolute atomic E-state index is 13.2. The summed E-state index contributed by atoms with van der Waals surface area (Å²) in [6.07, 6.45) is 0.904. The highest BCUT2D eigenvalue weighted by molar-refractivity contribution is 5.95. The lowest BCUT2D eigenvalue weighted by molar-refractivity contribution is -0.120. The highest BCUT2D eigenvalue weighted by atomic mass is 19.1. The third kappa shape index (κ3) is 3.50. The van der Waals surface area contributed by atoms with Gasteiger partial charge >= 0.3 is 0 Å². The van der Waals surface area contributed by atoms with Gasteiger partial charge in [-0.1, -0.05) is 13.0 Å². The van der Waals surface area contributed by atoms with Gasteiger partial charge in [-0.3, -0.25) is 4.79 Å². The Balaban J connectivity index is 1.75. The molecule has 3 rings (SSSR count). The molecule has 1 atom stereocenters. The number of fused-ring (bicyclic) bond motifs is 1. The first-order valence-electron chi connectivity index (χ1n) is 7.92. The van der Waals surface area contributed by atoms with Crippen molar-refractivity contribution in [1.82, 2.24) is 0 Å². The van der Waals surface area contributed by atoms with Gasteiger partial charge in [0.1, 0.15) is 17.3 Å². The number of halogens is 1. The van der Waals surface area contributed by atoms with Crippen LogP contribution in [-0.2, 0) is 11.2 Å². The van der Waals surface area contributed by atoms with E-state index in [0.29, 0.717) is 18.2 Å². The molecule has 0 radical (unpaired) electrons. The fourth-order valence-electron chi connectivity index (χ4n) is 2.98. The highest BCUT2D eigenvalue weighted by Gasteiger charge is 2.27. The number of amides is 1. The molecule has 0 saturated heterocycles. The van der Waals surface area contributed by atoms with Crippen molar-refractivity contribution >= 4 is 11.6 Å². The summed E-state index contributed by atoms with van der Waals surface area (Å²) in [7, 11) is 1.63. The number of ether oxygens (including phenoxy) is 2. The smallest absolute Gasteiger partial charge is 0.264 e. The largest absolute Gasteiger partial charge is 0.497 e. The van der Waals surface area contributed by atoms with Gasteiger partial charge in [-0.2, -0.15) is 0 Å². The predicted molar refractivity (Wildman–Crippen MR) is 90.1 cm³/mol. The molecule has 2 aromatic carbocycles. The number of anilines is 1. The molecule has 1 aliphatic rings. The SMILES string of the molecule is COc1ccc2c(c1)CC(C)CN2C(=O)COc1cccc(F)c1. The predicted octanol–water partition coefficient (Wildman–Crippen LogP) is 3.44. The van der Waals surface area contributed by atoms with Gasteiger partial charge in [0.25, 0.3) is 5.91 Å². The van der Waals surface area contributed by atoms with E-state index in [-0.39, 0.29) is 18.3 Å². The number of carbonyl (C=O) groups is 1. The molecule has 0 saturated carbocycles. The minimum Gasteiger partial charge on any atom is -0.497 e. The van der Waals surface area contributed by atoms with Gasteiger partial charge in [0.2, 0.25) is 0 Å². The minimum absolute atomic E-state index is 0.123. The molecule has 1 amide bonds. The van der Waals surface area contributed by atoms with Crippen molar-refractivity contribution in [2.24, 2.45) is 5.92 Å². The lowest BCUT2D eigenvalue weighted by Gasteiger charge is -2.33. The van der Waals surface area contributed by atoms with Crippen LogP contribution in [0.3, 0.4) is 0 Å². The zero-order chi connectivity index (χ0) is 17.1. The van der Waals surface area contributed by atoms with Crippen LogP contribution in [0, 0.1) is 11.7 Å². The molecule has 0 fully saturated rings. The standard InChI is InChI=1S/C19H20FNO3/c1-13-8-14-9-16(23-2)6-7-18(14)21(11-13)19(22)12-24-17-5-3-4-15(20)10-17/h3-7,9-10,13H,8,11-12H2,1-2H3. The number of hydrogen-bond donors (Lipinski definition) is 0. The fraction of sp³-hybridized carbons (Fsp3) is 0.316. The number of carbonyl (C=O) groups excluding carboxylic acids is 1. The number of methoxy groups -OCH3 is 1. The van der Waals surface area contributed by atoms with Gasteiger partial charge in [0, 0.05) is 18.3 Å². The Morgan fingerprint density at radius 3 is 2.83 bits per heavy atom. The third-order valence-corrected chi connectivity index (χ3v) is 4.10. The summed E-state index contributed by atoms with van der Waals surface area (Å²) >= 11 is 0. The zero-order valence-electron chi connectivity index (χ0n) is 13.8. The minimum atomic E-state index is -0.385. The second-order valence-corrected chi connectivity index (χ2v) is 6.05. The maximum Gasteiger partial charge on any atom is 0.264 e. The van der Waals surface area contributed by atoms with E-state index >= 15 is 0 Å². The molecule has 1 aliphatic heterocycles. The molecule has 24 heavy (non-hydrogen) atoms. The van der Waals surface area contributed by atoms with Crippen LogP contribution < -0.4 is 14.4 Å². The maximum atomic E-state index is 13.2. The Kier molecular flexibility index (Phi) is 4.69. The normalized spacial score (nSPS) is 16.5. The van der Waals surface area contributed by atoms with Gasteiger partial charge in [-0.15, -0.1) is 0 Å². The van der Waals surface area contributed by atoms with Crippen molar-refractivity contribution in [3.8, 4) is 11.5 Å². The molecule has 5 heteroatoms. The second-order valence-electron chi connectivity index (χ2n) is 6.05. The van der Waals surface area contributed by atoms with E-state index in [0.717, 1.165) is 23.4 Å². The van der Waals surface area contributed by atoms with Crippen molar-refractivity contribution in [2.45, 2.75) is 13.3 Å². The van der Waals surface area contributed by atoms with Crippen LogP contribution in [-0.4, -0.2) is 26.2 Å². The van der Waals surface area contributed by atoms with Crippen molar-refractivity contribution in [2.75, 3.05) is 25.2 Å². The average Bonchev–Trinajstić information content (AvgIpc) is 2.58. The van der Waals surface area contributed by atoms with Crippen LogP contribution in [0.1, 0.15) is 12.5 Å². The van der Waals surface area contributed by atoms with Crippen LogP contribution >= 0.6 is 0 Å². The van der Waals surface area contributed by atoms with E-state index in [2.05, 4.69) is 6.92 Å². The molecule has 126 valence electrons. The summed E-state index contributed by atoms with van der Waals surface area (Å²) in [5.41, 5.74) is 1.98. The van der Waals surface area contributed by atoms with E-state index in [1.54, 1.807) is 24.1 Å². The van der Waals surface area contributed by atoms with E-state index in [4.69, 9.17) is 9.47 Å². The molecule has 0 spiro atoms. The Bertz CT molecular complexity index is 747. The van der Waals surface area contributed by atoms with E-state index in [1.807, 2.05) is 18.2 Å². The van der Waals surface area contributed by atoms with Crippen molar-refractivity contribution in [3.05, 3.63) is 53.8 Å². The van der Waals surface area contributed by atoms with Crippen molar-refractivity contribution in [3.63, 3.8) is 0 Å². The first kappa shape index (κ1) is 16.3. The van der Waals surface area contributed by atoms with Crippen molar-refractivity contribution in [1.29, 1.82) is 0 Å². The quantitative estimate of drug-likeness (QED) is 0.862. The lowest BCUT2D eigenvalue weighted by Crippen LogP contribution is -2.41. The third-order valence-electron chi connectivity index (χ3n) is 4.10. The fourth-order valence-corrected chi connectivity index (χ4v) is 2.98. The second kappa shape index (κ2) is 6.91. The molecule has 1 heterocycles. The zero-order valence-corrected chi connectivity index (χ0v) is 13.8. The number of nitrogens with zero attached hydrogens (tertiary/aromatic N) is 1. The molecule has 2 aromatic rings. The summed E-state index contributed by atoms with van der Waals surface area (Å²) in [4.78, 5) is 14.3. The van der Waals surface area contributed by atoms with Gasteiger partial charge in [0.15, 0.2) is 6.61 Å². The summed E-state index contributed by atoms with van der Waals surface area (Å²) in [6.45, 7) is 2.63. The van der Waals surface area contributed by atoms with Gasteiger partial charge in [0.05, 0.1) is 7.11 Å². The van der Waals surface area contributed by atoms with Crippen LogP contribution in [0.2, 0.25) is 0 Å². The van der Waals surface area contributed by atoms with Crippen LogP contribution in [0.4, 0.5) is 10.1 Å². The van der Waals surface area contributed by atoms with Crippen LogP contribution in [0.15, 0.2) is 42.5 Å². The van der Waals surface area contributed by atoms with Crippen LogP contribution in [0.25, 0.3) is 0 Å². The Labute approximate surface area is 140 Å². The topological polar surface area (TPSA) is 38.8 Å². The van der Waals surface area contributed by atoms with E-state index < -0.39 is 0 Å². The van der Waals surface area contributed by atoms with E-state index in [9.17, 15) is 9.18 Å². The highest BCUT2D eigenvalue weighted by Crippen LogP contribution is 2.32. The summed E-state index contributed by atoms with van der Waals surface area (Å²) in [5.74, 6) is 0.957. The number of benzene rings is 2. The molecule has 4 nitrogen and oxygen atoms in total. The van der Waals surface area contributed by atoms with Gasteiger partial charge in [-0.05, 0) is 48.2 Å².